The Balaban J connectivity index is 2.89. The number of amides is 2. The molecule has 0 aliphatic heterocycles. The predicted molar refractivity (Wildman–Crippen MR) is 68.9 cm³/mol. The summed E-state index contributed by atoms with van der Waals surface area (Å²) in [5, 5.41) is 11.7. The molecule has 0 aromatic heterocycles. The Hall–Kier alpha value is -1.24. The fourth-order valence-electron chi connectivity index (χ4n) is 2.40. The first kappa shape index (κ1) is 16.8. The molecule has 1 rings (SSSR count). The van der Waals surface area contributed by atoms with Crippen LogP contribution in [0.4, 0.5) is 8.78 Å². The minimum Gasteiger partial charge on any atom is -0.383 e. The number of nitrogens with two attached hydrogens (primary N) is 1. The molecule has 0 radical (unpaired) electrons. The van der Waals surface area contributed by atoms with E-state index in [1.165, 1.54) is 6.92 Å². The van der Waals surface area contributed by atoms with Crippen molar-refractivity contribution in [2.24, 2.45) is 11.7 Å². The van der Waals surface area contributed by atoms with Crippen molar-refractivity contribution in [1.82, 2.24) is 5.32 Å². The lowest BCUT2D eigenvalue weighted by Crippen LogP contribution is -2.66. The Morgan fingerprint density at radius 3 is 2.20 bits per heavy atom. The molecule has 0 aromatic carbocycles. The second-order valence-corrected chi connectivity index (χ2v) is 6.21. The normalized spacial score (nSPS) is 20.9. The van der Waals surface area contributed by atoms with Crippen LogP contribution in [0.25, 0.3) is 0 Å². The minimum atomic E-state index is -3.93. The van der Waals surface area contributed by atoms with Gasteiger partial charge in [-0.25, -0.2) is 0 Å². The van der Waals surface area contributed by atoms with E-state index >= 15 is 0 Å². The van der Waals surface area contributed by atoms with Gasteiger partial charge in [0.25, 0.3) is 5.91 Å². The van der Waals surface area contributed by atoms with E-state index in [0.29, 0.717) is 6.42 Å². The van der Waals surface area contributed by atoms with Crippen LogP contribution in [-0.4, -0.2) is 34.0 Å². The largest absolute Gasteiger partial charge is 0.383 e. The van der Waals surface area contributed by atoms with Crippen molar-refractivity contribution < 1.29 is 23.5 Å². The molecule has 2 amide bonds. The zero-order valence-electron chi connectivity index (χ0n) is 12.0. The van der Waals surface area contributed by atoms with Crippen molar-refractivity contribution >= 4 is 11.8 Å². The van der Waals surface area contributed by atoms with Gasteiger partial charge in [-0.1, -0.05) is 13.8 Å². The summed E-state index contributed by atoms with van der Waals surface area (Å²) in [5.74, 6) is -6.48. The van der Waals surface area contributed by atoms with Gasteiger partial charge in [0.1, 0.15) is 11.1 Å². The second kappa shape index (κ2) is 5.27. The van der Waals surface area contributed by atoms with Crippen molar-refractivity contribution in [2.45, 2.75) is 63.5 Å². The summed E-state index contributed by atoms with van der Waals surface area (Å²) < 4.78 is 27.9. The van der Waals surface area contributed by atoms with Crippen molar-refractivity contribution in [3.8, 4) is 0 Å². The van der Waals surface area contributed by atoms with E-state index in [-0.39, 0.29) is 25.2 Å². The van der Waals surface area contributed by atoms with Crippen molar-refractivity contribution in [3.63, 3.8) is 0 Å². The summed E-state index contributed by atoms with van der Waals surface area (Å²) in [4.78, 5) is 23.2. The number of carbonyl (C=O) groups is 2. The van der Waals surface area contributed by atoms with Gasteiger partial charge in [-0.05, 0) is 38.5 Å². The molecular formula is C13H22F2N2O3. The van der Waals surface area contributed by atoms with Crippen LogP contribution in [0.3, 0.4) is 0 Å². The molecule has 4 N–H and O–H groups in total. The van der Waals surface area contributed by atoms with Crippen molar-refractivity contribution in [3.05, 3.63) is 0 Å². The van der Waals surface area contributed by atoms with Gasteiger partial charge in [0.15, 0.2) is 0 Å². The third-order valence-corrected chi connectivity index (χ3v) is 3.80. The topological polar surface area (TPSA) is 92.4 Å². The molecule has 7 heteroatoms. The Bertz CT molecular complexity index is 408. The summed E-state index contributed by atoms with van der Waals surface area (Å²) in [5.41, 5.74) is 1.33. The Morgan fingerprint density at radius 1 is 1.40 bits per heavy atom. The first-order chi connectivity index (χ1) is 8.94. The van der Waals surface area contributed by atoms with Crippen LogP contribution in [0.1, 0.15) is 46.5 Å². The molecule has 1 saturated carbocycles. The van der Waals surface area contributed by atoms with E-state index in [2.05, 4.69) is 0 Å². The molecule has 116 valence electrons. The molecule has 0 heterocycles. The highest BCUT2D eigenvalue weighted by atomic mass is 19.3. The maximum atomic E-state index is 14.0. The minimum absolute atomic E-state index is 0.0202. The van der Waals surface area contributed by atoms with Crippen LogP contribution in [0.15, 0.2) is 0 Å². The fraction of sp³-hybridized carbons (Fsp3) is 0.846. The van der Waals surface area contributed by atoms with E-state index in [0.717, 1.165) is 0 Å². The molecule has 0 bridgehead atoms. The number of hydrogen-bond acceptors (Lipinski definition) is 3. The van der Waals surface area contributed by atoms with Gasteiger partial charge in [0.05, 0.1) is 0 Å². The highest BCUT2D eigenvalue weighted by Gasteiger charge is 2.62. The molecule has 0 saturated heterocycles. The average Bonchev–Trinajstić information content (AvgIpc) is 2.23. The lowest BCUT2D eigenvalue weighted by molar-refractivity contribution is -0.217. The van der Waals surface area contributed by atoms with Crippen LogP contribution < -0.4 is 11.1 Å². The van der Waals surface area contributed by atoms with Gasteiger partial charge in [-0.15, -0.1) is 0 Å². The number of rotatable bonds is 6. The summed E-state index contributed by atoms with van der Waals surface area (Å²) >= 11 is 0. The zero-order valence-corrected chi connectivity index (χ0v) is 12.0. The molecule has 20 heavy (non-hydrogen) atoms. The molecule has 1 aliphatic rings. The van der Waals surface area contributed by atoms with Crippen LogP contribution in [-0.2, 0) is 9.59 Å². The van der Waals surface area contributed by atoms with Gasteiger partial charge in [-0.3, -0.25) is 9.59 Å². The second-order valence-electron chi connectivity index (χ2n) is 6.21. The quantitative estimate of drug-likeness (QED) is 0.680. The Labute approximate surface area is 116 Å². The number of carbonyl (C=O) groups excluding carboxylic acids is 2. The SMILES string of the molecule is CC(C)CC(C)(NC(=O)C(F)(F)C1(O)CCC1)C(N)=O. The lowest BCUT2D eigenvalue weighted by Gasteiger charge is -2.42. The maximum Gasteiger partial charge on any atom is 0.352 e. The van der Waals surface area contributed by atoms with Crippen LogP contribution in [0.2, 0.25) is 0 Å². The van der Waals surface area contributed by atoms with Gasteiger partial charge >= 0.3 is 5.92 Å². The summed E-state index contributed by atoms with van der Waals surface area (Å²) in [6.45, 7) is 4.88. The van der Waals surface area contributed by atoms with Gasteiger partial charge < -0.3 is 16.2 Å². The van der Waals surface area contributed by atoms with E-state index in [1.807, 2.05) is 5.32 Å². The molecule has 1 atom stereocenters. The first-order valence-electron chi connectivity index (χ1n) is 6.67. The molecular weight excluding hydrogens is 270 g/mol. The van der Waals surface area contributed by atoms with Crippen LogP contribution in [0.5, 0.6) is 0 Å². The summed E-state index contributed by atoms with van der Waals surface area (Å²) in [6, 6.07) is 0. The Kier molecular flexibility index (Phi) is 4.43. The van der Waals surface area contributed by atoms with Gasteiger partial charge in [0.2, 0.25) is 5.91 Å². The third kappa shape index (κ3) is 2.92. The molecule has 0 aromatic rings. The number of hydrogen-bond donors (Lipinski definition) is 3. The number of primary amides is 1. The molecule has 1 unspecified atom stereocenters. The third-order valence-electron chi connectivity index (χ3n) is 3.80. The maximum absolute atomic E-state index is 14.0. The number of aliphatic hydroxyl groups is 1. The van der Waals surface area contributed by atoms with Gasteiger partial charge in [0, 0.05) is 0 Å². The van der Waals surface area contributed by atoms with Crippen molar-refractivity contribution in [1.29, 1.82) is 0 Å². The zero-order chi connectivity index (χ0) is 15.8. The molecule has 0 spiro atoms. The van der Waals surface area contributed by atoms with E-state index < -0.39 is 28.9 Å². The van der Waals surface area contributed by atoms with Crippen molar-refractivity contribution in [2.75, 3.05) is 0 Å². The molecule has 1 aliphatic carbocycles. The molecule has 5 nitrogen and oxygen atoms in total. The summed E-state index contributed by atoms with van der Waals surface area (Å²) in [6.07, 6.45) is 0.316. The highest BCUT2D eigenvalue weighted by molar-refractivity contribution is 5.93. The van der Waals surface area contributed by atoms with E-state index in [4.69, 9.17) is 5.73 Å². The van der Waals surface area contributed by atoms with Crippen LogP contribution in [0, 0.1) is 5.92 Å². The first-order valence-corrected chi connectivity index (χ1v) is 6.67. The number of nitrogens with one attached hydrogen (secondary N) is 1. The summed E-state index contributed by atoms with van der Waals surface area (Å²) in [7, 11) is 0. The number of alkyl halides is 2. The molecule has 1 fully saturated rings. The number of halogens is 2. The van der Waals surface area contributed by atoms with Crippen LogP contribution >= 0.6 is 0 Å². The standard InChI is InChI=1S/C13H22F2N2O3/c1-8(2)7-11(3,9(16)18)17-10(19)13(14,15)12(20)5-4-6-12/h8,20H,4-7H2,1-3H3,(H2,16,18)(H,17,19). The van der Waals surface area contributed by atoms with E-state index in [9.17, 15) is 23.5 Å². The highest BCUT2D eigenvalue weighted by Crippen LogP contribution is 2.44. The monoisotopic (exact) mass is 292 g/mol. The fourth-order valence-corrected chi connectivity index (χ4v) is 2.40. The predicted octanol–water partition coefficient (Wildman–Crippen LogP) is 0.943. The van der Waals surface area contributed by atoms with E-state index in [1.54, 1.807) is 13.8 Å². The Morgan fingerprint density at radius 2 is 1.90 bits per heavy atom. The average molecular weight is 292 g/mol. The smallest absolute Gasteiger partial charge is 0.352 e. The lowest BCUT2D eigenvalue weighted by atomic mass is 9.74. The van der Waals surface area contributed by atoms with Gasteiger partial charge in [-0.2, -0.15) is 8.78 Å².